The maximum Gasteiger partial charge on any atom is 0.319 e. The molecule has 0 saturated carbocycles. The Labute approximate surface area is 288 Å². The van der Waals surface area contributed by atoms with E-state index in [1.165, 1.54) is 0 Å². The Morgan fingerprint density at radius 2 is 1.08 bits per heavy atom. The second-order valence-electron chi connectivity index (χ2n) is 11.8. The Morgan fingerprint density at radius 3 is 1.60 bits per heavy atom. The second-order valence-corrected chi connectivity index (χ2v) is 11.8. The van der Waals surface area contributed by atoms with Crippen LogP contribution in [-0.2, 0) is 17.6 Å². The van der Waals surface area contributed by atoms with E-state index in [0.29, 0.717) is 74.7 Å². The molecule has 0 heterocycles. The number of benzene rings is 4. The van der Waals surface area contributed by atoms with Gasteiger partial charge in [0.25, 0.3) is 6.26 Å². The van der Waals surface area contributed by atoms with E-state index in [4.69, 9.17) is 10.00 Å². The summed E-state index contributed by atoms with van der Waals surface area (Å²) in [5.74, 6) is 0.503. The molecule has 2 aliphatic rings. The lowest BCUT2D eigenvalue weighted by molar-refractivity contribution is 0.240. The number of nitrogens with zero attached hydrogens (tertiary/aromatic N) is 2. The quantitative estimate of drug-likeness (QED) is 0.0421. The molecule has 0 fully saturated rings. The van der Waals surface area contributed by atoms with Crippen molar-refractivity contribution in [1.29, 1.82) is 5.26 Å². The van der Waals surface area contributed by atoms with Crippen molar-refractivity contribution in [2.45, 2.75) is 25.7 Å². The van der Waals surface area contributed by atoms with Gasteiger partial charge in [-0.05, 0) is 119 Å². The Morgan fingerprint density at radius 1 is 0.620 bits per heavy atom. The number of aliphatic imine (C=N–C) groups is 1. The van der Waals surface area contributed by atoms with Gasteiger partial charge in [-0.25, -0.2) is 19.2 Å². The maximum atomic E-state index is 12.4. The van der Waals surface area contributed by atoms with Crippen LogP contribution in [0.3, 0.4) is 0 Å². The van der Waals surface area contributed by atoms with Gasteiger partial charge < -0.3 is 36.6 Å². The Bertz CT molecular complexity index is 2050. The number of hydrogen-bond donors (Lipinski definition) is 6. The molecule has 0 unspecified atom stereocenters. The third kappa shape index (κ3) is 8.07. The van der Waals surface area contributed by atoms with Gasteiger partial charge in [0.1, 0.15) is 5.75 Å². The molecule has 252 valence electrons. The van der Waals surface area contributed by atoms with E-state index in [-0.39, 0.29) is 18.1 Å². The highest BCUT2D eigenvalue weighted by Gasteiger charge is 2.21. The lowest BCUT2D eigenvalue weighted by Crippen LogP contribution is -2.39. The zero-order chi connectivity index (χ0) is 34.9. The number of carbonyl (C=O) groups is 3. The van der Waals surface area contributed by atoms with Gasteiger partial charge in [0.15, 0.2) is 0 Å². The van der Waals surface area contributed by atoms with Gasteiger partial charge >= 0.3 is 18.1 Å². The molecule has 0 saturated heterocycles. The van der Waals surface area contributed by atoms with Gasteiger partial charge in [-0.1, -0.05) is 24.3 Å². The van der Waals surface area contributed by atoms with Crippen LogP contribution < -0.4 is 36.6 Å². The number of nitrogens with one attached hydrogen (secondary N) is 6. The van der Waals surface area contributed by atoms with E-state index in [0.717, 1.165) is 44.5 Å². The van der Waals surface area contributed by atoms with Crippen LogP contribution in [0.1, 0.15) is 35.1 Å². The standard InChI is InChI=1S/C37H34N8O5/c38-21-50-30-6-10-34-26(20-30)16-25-19-29(5-9-33(25)34)45-37(49)42-14-2-12-40-35(47)39-11-1-13-41-36(48)44-28-4-8-32-24(18-28)15-23-17-27(43-22-46)3-7-31(23)32/h3-10,17-20H,1-2,11-16H2,(H2,39,40,47)(H2,41,44,48)(H2,42,45,49). The third-order valence-electron chi connectivity index (χ3n) is 8.42. The summed E-state index contributed by atoms with van der Waals surface area (Å²) in [6, 6.07) is 21.6. The SMILES string of the molecule is N#COc1ccc2c(c1)Cc1cc(NC(=O)NCCCNC(=O)NCCCNC(=O)Nc3ccc4c(c3)Cc3cc(N=C=O)ccc3-4)ccc1-2. The molecular formula is C37H34N8O5. The number of rotatable bonds is 12. The molecule has 0 radical (unpaired) electrons. The summed E-state index contributed by atoms with van der Waals surface area (Å²) in [5.41, 5.74) is 10.5. The van der Waals surface area contributed by atoms with Gasteiger partial charge in [0.05, 0.1) is 5.69 Å². The molecule has 13 nitrogen and oxygen atoms in total. The zero-order valence-electron chi connectivity index (χ0n) is 27.0. The highest BCUT2D eigenvalue weighted by atomic mass is 16.5. The molecule has 6 N–H and O–H groups in total. The molecule has 50 heavy (non-hydrogen) atoms. The highest BCUT2D eigenvalue weighted by molar-refractivity contribution is 5.91. The van der Waals surface area contributed by atoms with Crippen molar-refractivity contribution in [2.24, 2.45) is 4.99 Å². The fourth-order valence-electron chi connectivity index (χ4n) is 6.18. The first-order valence-electron chi connectivity index (χ1n) is 16.2. The van der Waals surface area contributed by atoms with Crippen molar-refractivity contribution in [2.75, 3.05) is 36.8 Å². The maximum absolute atomic E-state index is 12.4. The Hall–Kier alpha value is -6.64. The molecule has 4 aromatic rings. The summed E-state index contributed by atoms with van der Waals surface area (Å²) >= 11 is 0. The van der Waals surface area contributed by atoms with Crippen molar-refractivity contribution in [3.63, 3.8) is 0 Å². The minimum absolute atomic E-state index is 0.325. The van der Waals surface area contributed by atoms with E-state index < -0.39 is 0 Å². The number of isocyanates is 1. The van der Waals surface area contributed by atoms with Gasteiger partial charge in [-0.3, -0.25) is 0 Å². The van der Waals surface area contributed by atoms with Crippen molar-refractivity contribution in [3.05, 3.63) is 95.1 Å². The van der Waals surface area contributed by atoms with Crippen LogP contribution in [0.15, 0.2) is 77.8 Å². The molecule has 2 aliphatic carbocycles. The minimum atomic E-state index is -0.340. The lowest BCUT2D eigenvalue weighted by atomic mass is 10.1. The van der Waals surface area contributed by atoms with E-state index in [9.17, 15) is 19.2 Å². The number of urea groups is 3. The molecule has 0 spiro atoms. The largest absolute Gasteiger partial charge is 0.388 e. The lowest BCUT2D eigenvalue weighted by Gasteiger charge is -2.11. The van der Waals surface area contributed by atoms with Crippen LogP contribution in [0.4, 0.5) is 31.4 Å². The van der Waals surface area contributed by atoms with Gasteiger partial charge in [-0.15, -0.1) is 5.26 Å². The number of amides is 6. The first-order chi connectivity index (χ1) is 24.4. The normalized spacial score (nSPS) is 11.3. The molecule has 0 bridgehead atoms. The summed E-state index contributed by atoms with van der Waals surface area (Å²) < 4.78 is 4.94. The molecule has 0 atom stereocenters. The van der Waals surface area contributed by atoms with Crippen LogP contribution in [-0.4, -0.2) is 50.4 Å². The molecular weight excluding hydrogens is 636 g/mol. The summed E-state index contributed by atoms with van der Waals surface area (Å²) in [6.45, 7) is 1.50. The van der Waals surface area contributed by atoms with Crippen molar-refractivity contribution in [3.8, 4) is 34.3 Å². The highest BCUT2D eigenvalue weighted by Crippen LogP contribution is 2.40. The monoisotopic (exact) mass is 670 g/mol. The Balaban J connectivity index is 0.812. The van der Waals surface area contributed by atoms with Gasteiger partial charge in [0, 0.05) is 37.6 Å². The smallest absolute Gasteiger partial charge is 0.319 e. The zero-order valence-corrected chi connectivity index (χ0v) is 27.0. The summed E-state index contributed by atoms with van der Waals surface area (Å²) in [4.78, 5) is 51.2. The number of ether oxygens (including phenoxy) is 1. The van der Waals surface area contributed by atoms with Gasteiger partial charge in [0.2, 0.25) is 6.08 Å². The average molecular weight is 671 g/mol. The van der Waals surface area contributed by atoms with E-state index >= 15 is 0 Å². The molecule has 6 rings (SSSR count). The number of carbonyl (C=O) groups excluding carboxylic acids is 4. The molecule has 0 aliphatic heterocycles. The van der Waals surface area contributed by atoms with Crippen molar-refractivity contribution >= 4 is 41.2 Å². The van der Waals surface area contributed by atoms with E-state index in [2.05, 4.69) is 36.9 Å². The average Bonchev–Trinajstić information content (AvgIpc) is 3.64. The number of nitriles is 1. The molecule has 0 aromatic heterocycles. The number of anilines is 2. The van der Waals surface area contributed by atoms with Crippen LogP contribution in [0, 0.1) is 11.5 Å². The first kappa shape index (κ1) is 33.3. The van der Waals surface area contributed by atoms with Crippen LogP contribution >= 0.6 is 0 Å². The van der Waals surface area contributed by atoms with Crippen LogP contribution in [0.5, 0.6) is 5.75 Å². The van der Waals surface area contributed by atoms with E-state index in [1.54, 1.807) is 24.5 Å². The van der Waals surface area contributed by atoms with Crippen LogP contribution in [0.25, 0.3) is 22.3 Å². The molecule has 13 heteroatoms. The summed E-state index contributed by atoms with van der Waals surface area (Å²) in [6.07, 6.45) is 5.70. The van der Waals surface area contributed by atoms with Crippen molar-refractivity contribution < 1.29 is 23.9 Å². The minimum Gasteiger partial charge on any atom is -0.388 e. The first-order valence-corrected chi connectivity index (χ1v) is 16.2. The summed E-state index contributed by atoms with van der Waals surface area (Å²) in [7, 11) is 0. The van der Waals surface area contributed by atoms with Crippen LogP contribution in [0.2, 0.25) is 0 Å². The number of fused-ring (bicyclic) bond motifs is 6. The van der Waals surface area contributed by atoms with Crippen molar-refractivity contribution in [1.82, 2.24) is 21.3 Å². The topological polar surface area (TPSA) is 186 Å². The predicted molar refractivity (Wildman–Crippen MR) is 188 cm³/mol. The number of hydrogen-bond acceptors (Lipinski definition) is 7. The third-order valence-corrected chi connectivity index (χ3v) is 8.42. The fourth-order valence-corrected chi connectivity index (χ4v) is 6.18. The molecule has 6 amide bonds. The summed E-state index contributed by atoms with van der Waals surface area (Å²) in [5, 5.41) is 25.5. The predicted octanol–water partition coefficient (Wildman–Crippen LogP) is 5.68. The second kappa shape index (κ2) is 15.5. The fraction of sp³-hybridized carbons (Fsp3) is 0.216. The van der Waals surface area contributed by atoms with E-state index in [1.807, 2.05) is 60.7 Å². The Kier molecular flexibility index (Phi) is 10.3. The van der Waals surface area contributed by atoms with Gasteiger partial charge in [-0.2, -0.15) is 4.99 Å². The molecule has 4 aromatic carbocycles.